The van der Waals surface area contributed by atoms with Gasteiger partial charge < -0.3 is 20.4 Å². The standard InChI is InChI=1S/C24H34N4O2/c29-23-6-4-5-21-18-13-19(15-25-14-18)22(28(21)23)16-26-24(30)17-7-9-20(10-8-17)27-11-2-1-3-12-27/h7-10,18-19,21-22,25H,1-6,11-16H2,(H,26,30)/t18-,19+,21+,22+/m1/s1. The normalized spacial score (nSPS) is 31.3. The van der Waals surface area contributed by atoms with E-state index in [0.717, 1.165) is 39.0 Å². The zero-order valence-corrected chi connectivity index (χ0v) is 17.8. The number of carbonyl (C=O) groups excluding carboxylic acids is 2. The van der Waals surface area contributed by atoms with Gasteiger partial charge in [0.15, 0.2) is 0 Å². The van der Waals surface area contributed by atoms with Crippen molar-refractivity contribution in [3.05, 3.63) is 29.8 Å². The Morgan fingerprint density at radius 3 is 2.60 bits per heavy atom. The molecule has 5 rings (SSSR count). The summed E-state index contributed by atoms with van der Waals surface area (Å²) in [4.78, 5) is 30.2. The Morgan fingerprint density at radius 2 is 1.80 bits per heavy atom. The molecule has 0 spiro atoms. The van der Waals surface area contributed by atoms with Crippen LogP contribution >= 0.6 is 0 Å². The second-order valence-electron chi connectivity index (χ2n) is 9.55. The van der Waals surface area contributed by atoms with Crippen molar-refractivity contribution in [1.29, 1.82) is 0 Å². The van der Waals surface area contributed by atoms with Crippen molar-refractivity contribution in [2.75, 3.05) is 37.6 Å². The summed E-state index contributed by atoms with van der Waals surface area (Å²) >= 11 is 0. The number of hydrogen-bond donors (Lipinski definition) is 2. The first-order valence-corrected chi connectivity index (χ1v) is 11.9. The fourth-order valence-electron chi connectivity index (χ4n) is 6.17. The van der Waals surface area contributed by atoms with Gasteiger partial charge in [0.05, 0.1) is 6.04 Å². The SMILES string of the molecule is O=C(NC[C@H]1[C@@H]2CNC[C@@H](C2)[C@@H]2CCCC(=O)N21)c1ccc(N2CCCCC2)cc1. The molecule has 1 aromatic carbocycles. The van der Waals surface area contributed by atoms with Gasteiger partial charge in [-0.15, -0.1) is 0 Å². The van der Waals surface area contributed by atoms with E-state index in [1.807, 2.05) is 12.1 Å². The minimum absolute atomic E-state index is 0.0351. The third-order valence-electron chi connectivity index (χ3n) is 7.72. The number of nitrogens with zero attached hydrogens (tertiary/aromatic N) is 2. The lowest BCUT2D eigenvalue weighted by atomic mass is 9.72. The van der Waals surface area contributed by atoms with Crippen LogP contribution < -0.4 is 15.5 Å². The maximum Gasteiger partial charge on any atom is 0.251 e. The fourth-order valence-corrected chi connectivity index (χ4v) is 6.17. The molecule has 0 unspecified atom stereocenters. The van der Waals surface area contributed by atoms with Crippen molar-refractivity contribution in [1.82, 2.24) is 15.5 Å². The highest BCUT2D eigenvalue weighted by Crippen LogP contribution is 2.39. The summed E-state index contributed by atoms with van der Waals surface area (Å²) in [5.74, 6) is 1.26. The van der Waals surface area contributed by atoms with Crippen molar-refractivity contribution in [3.63, 3.8) is 0 Å². The van der Waals surface area contributed by atoms with E-state index in [2.05, 4.69) is 32.6 Å². The maximum absolute atomic E-state index is 12.8. The van der Waals surface area contributed by atoms with Gasteiger partial charge in [-0.3, -0.25) is 9.59 Å². The van der Waals surface area contributed by atoms with Gasteiger partial charge >= 0.3 is 0 Å². The van der Waals surface area contributed by atoms with Gasteiger partial charge in [-0.2, -0.15) is 0 Å². The lowest BCUT2D eigenvalue weighted by Crippen LogP contribution is -2.66. The van der Waals surface area contributed by atoms with E-state index >= 15 is 0 Å². The number of amides is 2. The van der Waals surface area contributed by atoms with E-state index in [-0.39, 0.29) is 17.9 Å². The minimum atomic E-state index is -0.0351. The van der Waals surface area contributed by atoms with Gasteiger partial charge in [-0.1, -0.05) is 0 Å². The molecule has 4 aliphatic rings. The van der Waals surface area contributed by atoms with Crippen LogP contribution in [0.1, 0.15) is 55.3 Å². The highest BCUT2D eigenvalue weighted by molar-refractivity contribution is 5.94. The highest BCUT2D eigenvalue weighted by atomic mass is 16.2. The topological polar surface area (TPSA) is 64.7 Å². The van der Waals surface area contributed by atoms with Crippen LogP contribution in [0.2, 0.25) is 0 Å². The van der Waals surface area contributed by atoms with E-state index in [4.69, 9.17) is 0 Å². The first-order valence-electron chi connectivity index (χ1n) is 11.9. The molecule has 2 N–H and O–H groups in total. The second-order valence-corrected chi connectivity index (χ2v) is 9.55. The summed E-state index contributed by atoms with van der Waals surface area (Å²) in [6.07, 6.45) is 7.75. The van der Waals surface area contributed by atoms with Crippen molar-refractivity contribution in [2.24, 2.45) is 11.8 Å². The molecule has 4 heterocycles. The summed E-state index contributed by atoms with van der Waals surface area (Å²) in [5.41, 5.74) is 1.91. The number of carbonyl (C=O) groups is 2. The van der Waals surface area contributed by atoms with Crippen LogP contribution in [-0.4, -0.2) is 61.5 Å². The van der Waals surface area contributed by atoms with E-state index in [1.54, 1.807) is 0 Å². The molecule has 0 saturated carbocycles. The number of fused-ring (bicyclic) bond motifs is 4. The molecule has 6 heteroatoms. The summed E-state index contributed by atoms with van der Waals surface area (Å²) in [6.45, 7) is 4.73. The predicted octanol–water partition coefficient (Wildman–Crippen LogP) is 2.40. The Kier molecular flexibility index (Phi) is 5.68. The van der Waals surface area contributed by atoms with Crippen molar-refractivity contribution < 1.29 is 9.59 Å². The third kappa shape index (κ3) is 3.82. The zero-order chi connectivity index (χ0) is 20.5. The van der Waals surface area contributed by atoms with Gasteiger partial charge in [0.2, 0.25) is 5.91 Å². The van der Waals surface area contributed by atoms with Crippen molar-refractivity contribution in [3.8, 4) is 0 Å². The smallest absolute Gasteiger partial charge is 0.251 e. The lowest BCUT2D eigenvalue weighted by Gasteiger charge is -2.54. The molecule has 2 bridgehead atoms. The molecule has 1 aromatic rings. The molecule has 0 radical (unpaired) electrons. The second kappa shape index (κ2) is 8.58. The number of anilines is 1. The molecular weight excluding hydrogens is 376 g/mol. The van der Waals surface area contributed by atoms with Gasteiger partial charge in [0, 0.05) is 49.9 Å². The number of hydrogen-bond acceptors (Lipinski definition) is 4. The fraction of sp³-hybridized carbons (Fsp3) is 0.667. The Morgan fingerprint density at radius 1 is 1.03 bits per heavy atom. The average molecular weight is 411 g/mol. The molecule has 4 aliphatic heterocycles. The Bertz CT molecular complexity index is 774. The van der Waals surface area contributed by atoms with Crippen LogP contribution in [0.5, 0.6) is 0 Å². The maximum atomic E-state index is 12.8. The molecule has 6 nitrogen and oxygen atoms in total. The molecule has 30 heavy (non-hydrogen) atoms. The average Bonchev–Trinajstić information content (AvgIpc) is 2.80. The van der Waals surface area contributed by atoms with Gasteiger partial charge in [0.25, 0.3) is 5.91 Å². The molecule has 4 atom stereocenters. The van der Waals surface area contributed by atoms with Crippen molar-refractivity contribution >= 4 is 17.5 Å². The van der Waals surface area contributed by atoms with Crippen LogP contribution in [0.25, 0.3) is 0 Å². The first-order chi connectivity index (χ1) is 14.7. The molecule has 2 amide bonds. The Labute approximate surface area is 179 Å². The minimum Gasteiger partial charge on any atom is -0.372 e. The monoisotopic (exact) mass is 410 g/mol. The van der Waals surface area contributed by atoms with Crippen LogP contribution in [-0.2, 0) is 4.79 Å². The van der Waals surface area contributed by atoms with Crippen LogP contribution in [0.3, 0.4) is 0 Å². The largest absolute Gasteiger partial charge is 0.372 e. The molecule has 4 fully saturated rings. The Hall–Kier alpha value is -2.08. The molecule has 4 saturated heterocycles. The summed E-state index contributed by atoms with van der Waals surface area (Å²) in [5, 5.41) is 6.72. The summed E-state index contributed by atoms with van der Waals surface area (Å²) in [6, 6.07) is 8.48. The van der Waals surface area contributed by atoms with E-state index in [0.29, 0.717) is 36.4 Å². The number of nitrogens with one attached hydrogen (secondary N) is 2. The molecular formula is C24H34N4O2. The number of benzene rings is 1. The first kappa shape index (κ1) is 19.9. The third-order valence-corrected chi connectivity index (χ3v) is 7.72. The Balaban J connectivity index is 1.24. The van der Waals surface area contributed by atoms with Crippen LogP contribution in [0.4, 0.5) is 5.69 Å². The summed E-state index contributed by atoms with van der Waals surface area (Å²) in [7, 11) is 0. The highest BCUT2D eigenvalue weighted by Gasteiger charge is 2.47. The van der Waals surface area contributed by atoms with E-state index in [1.165, 1.54) is 31.4 Å². The van der Waals surface area contributed by atoms with Crippen molar-refractivity contribution in [2.45, 2.75) is 57.0 Å². The van der Waals surface area contributed by atoms with Gasteiger partial charge in [-0.05, 0) is 81.2 Å². The quantitative estimate of drug-likeness (QED) is 0.800. The zero-order valence-electron chi connectivity index (χ0n) is 17.8. The van der Waals surface area contributed by atoms with Gasteiger partial charge in [-0.25, -0.2) is 0 Å². The predicted molar refractivity (Wildman–Crippen MR) is 118 cm³/mol. The van der Waals surface area contributed by atoms with Crippen LogP contribution in [0.15, 0.2) is 24.3 Å². The lowest BCUT2D eigenvalue weighted by molar-refractivity contribution is -0.148. The van der Waals surface area contributed by atoms with E-state index < -0.39 is 0 Å². The van der Waals surface area contributed by atoms with Crippen LogP contribution in [0, 0.1) is 11.8 Å². The summed E-state index contributed by atoms with van der Waals surface area (Å²) < 4.78 is 0. The number of rotatable bonds is 4. The van der Waals surface area contributed by atoms with E-state index in [9.17, 15) is 9.59 Å². The number of piperidine rings is 4. The molecule has 0 aromatic heterocycles. The van der Waals surface area contributed by atoms with Gasteiger partial charge in [0.1, 0.15) is 0 Å². The molecule has 0 aliphatic carbocycles. The molecule has 162 valence electrons.